The first-order chi connectivity index (χ1) is 9.26. The lowest BCUT2D eigenvalue weighted by Gasteiger charge is -2.15. The van der Waals surface area contributed by atoms with E-state index in [0.717, 1.165) is 24.9 Å². The van der Waals surface area contributed by atoms with Gasteiger partial charge in [0.05, 0.1) is 5.02 Å². The number of rotatable bonds is 5. The summed E-state index contributed by atoms with van der Waals surface area (Å²) >= 11 is 6.14. The number of para-hydroxylation sites is 1. The second-order valence-corrected chi connectivity index (χ2v) is 4.89. The van der Waals surface area contributed by atoms with Crippen LogP contribution in [-0.2, 0) is 19.4 Å². The van der Waals surface area contributed by atoms with Gasteiger partial charge >= 0.3 is 0 Å². The fourth-order valence-electron chi connectivity index (χ4n) is 2.20. The molecule has 0 spiro atoms. The highest BCUT2D eigenvalue weighted by atomic mass is 35.5. The Bertz CT molecular complexity index is 530. The first-order valence-electron chi connectivity index (χ1n) is 6.69. The summed E-state index contributed by atoms with van der Waals surface area (Å²) in [6.45, 7) is 5.09. The van der Waals surface area contributed by atoms with Crippen molar-refractivity contribution in [2.24, 2.45) is 0 Å². The van der Waals surface area contributed by atoms with Gasteiger partial charge in [0.15, 0.2) is 0 Å². The van der Waals surface area contributed by atoms with E-state index in [9.17, 15) is 0 Å². The van der Waals surface area contributed by atoms with Crippen molar-refractivity contribution in [2.45, 2.75) is 33.2 Å². The maximum absolute atomic E-state index is 6.14. The van der Waals surface area contributed by atoms with Crippen LogP contribution in [0.5, 0.6) is 0 Å². The summed E-state index contributed by atoms with van der Waals surface area (Å²) in [4.78, 5) is 4.01. The molecule has 2 rings (SSSR count). The van der Waals surface area contributed by atoms with E-state index < -0.39 is 0 Å². The molecule has 100 valence electrons. The second-order valence-electron chi connectivity index (χ2n) is 4.48. The van der Waals surface area contributed by atoms with E-state index in [1.165, 1.54) is 16.8 Å². The second kappa shape index (κ2) is 6.58. The van der Waals surface area contributed by atoms with E-state index >= 15 is 0 Å². The Labute approximate surface area is 119 Å². The van der Waals surface area contributed by atoms with Crippen molar-refractivity contribution in [2.75, 3.05) is 5.32 Å². The van der Waals surface area contributed by atoms with Gasteiger partial charge in [-0.25, -0.2) is 0 Å². The highest BCUT2D eigenvalue weighted by Crippen LogP contribution is 2.24. The average Bonchev–Trinajstić information content (AvgIpc) is 2.46. The van der Waals surface area contributed by atoms with Gasteiger partial charge in [0.2, 0.25) is 0 Å². The lowest BCUT2D eigenvalue weighted by atomic mass is 10.0. The molecule has 2 nitrogen and oxygen atoms in total. The normalized spacial score (nSPS) is 10.5. The van der Waals surface area contributed by atoms with E-state index in [1.54, 1.807) is 12.4 Å². The molecule has 0 unspecified atom stereocenters. The zero-order valence-corrected chi connectivity index (χ0v) is 12.2. The Kier molecular flexibility index (Phi) is 4.80. The standard InChI is InChI=1S/C16H19ClN2/c1-3-12-6-5-7-13(4-2)16(12)19-10-14-8-9-18-11-15(14)17/h5-9,11,19H,3-4,10H2,1-2H3. The minimum absolute atomic E-state index is 0.710. The van der Waals surface area contributed by atoms with Crippen LogP contribution in [0.4, 0.5) is 5.69 Å². The van der Waals surface area contributed by atoms with Crippen molar-refractivity contribution in [3.05, 3.63) is 58.4 Å². The van der Waals surface area contributed by atoms with Gasteiger partial charge in [0.1, 0.15) is 0 Å². The molecule has 0 saturated carbocycles. The molecule has 0 aliphatic heterocycles. The predicted molar refractivity (Wildman–Crippen MR) is 81.8 cm³/mol. The number of hydrogen-bond donors (Lipinski definition) is 1. The molecular weight excluding hydrogens is 256 g/mol. The number of halogens is 1. The fraction of sp³-hybridized carbons (Fsp3) is 0.312. The fourth-order valence-corrected chi connectivity index (χ4v) is 2.39. The lowest BCUT2D eigenvalue weighted by Crippen LogP contribution is -2.05. The molecule has 0 atom stereocenters. The summed E-state index contributed by atoms with van der Waals surface area (Å²) in [6.07, 6.45) is 5.51. The number of aryl methyl sites for hydroxylation is 2. The third kappa shape index (κ3) is 3.27. The number of benzene rings is 1. The van der Waals surface area contributed by atoms with Crippen LogP contribution in [0.1, 0.15) is 30.5 Å². The Balaban J connectivity index is 2.21. The molecule has 0 saturated heterocycles. The van der Waals surface area contributed by atoms with E-state index in [0.29, 0.717) is 5.02 Å². The maximum Gasteiger partial charge on any atom is 0.0639 e. The Morgan fingerprint density at radius 1 is 1.05 bits per heavy atom. The molecule has 1 aromatic heterocycles. The van der Waals surface area contributed by atoms with Crippen molar-refractivity contribution < 1.29 is 0 Å². The monoisotopic (exact) mass is 274 g/mol. The van der Waals surface area contributed by atoms with Crippen LogP contribution in [0.15, 0.2) is 36.7 Å². The Morgan fingerprint density at radius 2 is 1.74 bits per heavy atom. The van der Waals surface area contributed by atoms with Crippen LogP contribution < -0.4 is 5.32 Å². The van der Waals surface area contributed by atoms with Crippen molar-refractivity contribution in [3.8, 4) is 0 Å². The summed E-state index contributed by atoms with van der Waals surface area (Å²) in [5, 5.41) is 4.24. The number of aromatic nitrogens is 1. The molecule has 1 N–H and O–H groups in total. The summed E-state index contributed by atoms with van der Waals surface area (Å²) in [6, 6.07) is 8.43. The van der Waals surface area contributed by atoms with Gasteiger partial charge in [-0.05, 0) is 35.6 Å². The number of nitrogens with zero attached hydrogens (tertiary/aromatic N) is 1. The molecule has 0 amide bonds. The Morgan fingerprint density at radius 3 is 2.32 bits per heavy atom. The highest BCUT2D eigenvalue weighted by Gasteiger charge is 2.06. The molecule has 3 heteroatoms. The smallest absolute Gasteiger partial charge is 0.0639 e. The number of anilines is 1. The van der Waals surface area contributed by atoms with E-state index in [-0.39, 0.29) is 0 Å². The third-order valence-corrected chi connectivity index (χ3v) is 3.65. The van der Waals surface area contributed by atoms with Crippen LogP contribution in [0.25, 0.3) is 0 Å². The topological polar surface area (TPSA) is 24.9 Å². The third-order valence-electron chi connectivity index (χ3n) is 3.31. The van der Waals surface area contributed by atoms with Gasteiger partial charge in [-0.1, -0.05) is 43.6 Å². The van der Waals surface area contributed by atoms with Crippen molar-refractivity contribution in [1.29, 1.82) is 0 Å². The van der Waals surface area contributed by atoms with Crippen LogP contribution in [0.2, 0.25) is 5.02 Å². The molecule has 1 heterocycles. The van der Waals surface area contributed by atoms with Crippen molar-refractivity contribution >= 4 is 17.3 Å². The summed E-state index contributed by atoms with van der Waals surface area (Å²) in [7, 11) is 0. The average molecular weight is 275 g/mol. The minimum Gasteiger partial charge on any atom is -0.380 e. The highest BCUT2D eigenvalue weighted by molar-refractivity contribution is 6.31. The van der Waals surface area contributed by atoms with E-state index in [2.05, 4.69) is 42.3 Å². The lowest BCUT2D eigenvalue weighted by molar-refractivity contribution is 1.04. The Hall–Kier alpha value is -1.54. The first-order valence-corrected chi connectivity index (χ1v) is 7.07. The molecular formula is C16H19ClN2. The van der Waals surface area contributed by atoms with Gasteiger partial charge in [0, 0.05) is 24.6 Å². The number of hydrogen-bond acceptors (Lipinski definition) is 2. The van der Waals surface area contributed by atoms with Crippen LogP contribution in [0.3, 0.4) is 0 Å². The molecule has 0 aliphatic carbocycles. The molecule has 1 aromatic carbocycles. The van der Waals surface area contributed by atoms with Crippen molar-refractivity contribution in [3.63, 3.8) is 0 Å². The quantitative estimate of drug-likeness (QED) is 0.870. The molecule has 0 bridgehead atoms. The molecule has 0 radical (unpaired) electrons. The van der Waals surface area contributed by atoms with Gasteiger partial charge in [-0.15, -0.1) is 0 Å². The van der Waals surface area contributed by atoms with Gasteiger partial charge in [0.25, 0.3) is 0 Å². The SMILES string of the molecule is CCc1cccc(CC)c1NCc1ccncc1Cl. The van der Waals surface area contributed by atoms with E-state index in [4.69, 9.17) is 11.6 Å². The summed E-state index contributed by atoms with van der Waals surface area (Å²) in [5.74, 6) is 0. The van der Waals surface area contributed by atoms with Crippen LogP contribution in [-0.4, -0.2) is 4.98 Å². The van der Waals surface area contributed by atoms with E-state index in [1.807, 2.05) is 6.07 Å². The maximum atomic E-state index is 6.14. The predicted octanol–water partition coefficient (Wildman–Crippen LogP) is 4.47. The molecule has 2 aromatic rings. The van der Waals surface area contributed by atoms with Gasteiger partial charge in [-0.2, -0.15) is 0 Å². The van der Waals surface area contributed by atoms with Crippen molar-refractivity contribution in [1.82, 2.24) is 4.98 Å². The van der Waals surface area contributed by atoms with Gasteiger partial charge in [-0.3, -0.25) is 4.98 Å². The zero-order valence-electron chi connectivity index (χ0n) is 11.4. The molecule has 0 fully saturated rings. The van der Waals surface area contributed by atoms with Crippen LogP contribution in [0, 0.1) is 0 Å². The zero-order chi connectivity index (χ0) is 13.7. The number of nitrogens with one attached hydrogen (secondary N) is 1. The number of pyridine rings is 1. The largest absolute Gasteiger partial charge is 0.380 e. The van der Waals surface area contributed by atoms with Gasteiger partial charge < -0.3 is 5.32 Å². The molecule has 0 aliphatic rings. The summed E-state index contributed by atoms with van der Waals surface area (Å²) < 4.78 is 0. The molecule has 19 heavy (non-hydrogen) atoms. The summed E-state index contributed by atoms with van der Waals surface area (Å²) in [5.41, 5.74) is 5.03. The van der Waals surface area contributed by atoms with Crippen LogP contribution >= 0.6 is 11.6 Å². The first kappa shape index (κ1) is 13.9. The minimum atomic E-state index is 0.710.